The highest BCUT2D eigenvalue weighted by molar-refractivity contribution is 6.20. The molecule has 1 aliphatic rings. The van der Waals surface area contributed by atoms with E-state index in [2.05, 4.69) is 20.9 Å². The quantitative estimate of drug-likeness (QED) is 0.495. The largest absolute Gasteiger partial charge is 0.326 e. The van der Waals surface area contributed by atoms with Crippen LogP contribution in [-0.2, 0) is 9.59 Å². The molecule has 0 unspecified atom stereocenters. The van der Waals surface area contributed by atoms with Crippen LogP contribution < -0.4 is 20.9 Å². The molecule has 4 rings (SSSR count). The van der Waals surface area contributed by atoms with Gasteiger partial charge in [0.2, 0.25) is 12.1 Å². The number of benzodiazepines with no additional fused rings is 1. The number of aryl methyl sites for hydroxylation is 3. The van der Waals surface area contributed by atoms with E-state index in [1.807, 2.05) is 87.5 Å². The van der Waals surface area contributed by atoms with Gasteiger partial charge < -0.3 is 20.9 Å². The number of para-hydroxylation sites is 1. The Hall–Kier alpha value is -4.46. The predicted molar refractivity (Wildman–Crippen MR) is 146 cm³/mol. The fourth-order valence-corrected chi connectivity index (χ4v) is 4.49. The molecular weight excluding hydrogens is 466 g/mol. The molecule has 8 heteroatoms. The molecule has 37 heavy (non-hydrogen) atoms. The molecule has 8 nitrogen and oxygen atoms in total. The molecule has 0 saturated heterocycles. The van der Waals surface area contributed by atoms with Gasteiger partial charge in [-0.15, -0.1) is 0 Å². The molecule has 4 amide bonds. The third kappa shape index (κ3) is 5.53. The molecule has 1 heterocycles. The highest BCUT2D eigenvalue weighted by atomic mass is 16.2. The van der Waals surface area contributed by atoms with Gasteiger partial charge in [0.15, 0.2) is 0 Å². The van der Waals surface area contributed by atoms with Crippen molar-refractivity contribution in [3.63, 3.8) is 0 Å². The number of likely N-dealkylation sites (N-methyl/N-ethyl adjacent to an activating group) is 1. The second kappa shape index (κ2) is 10.7. The van der Waals surface area contributed by atoms with Crippen molar-refractivity contribution in [2.45, 2.75) is 39.9 Å². The highest BCUT2D eigenvalue weighted by Crippen LogP contribution is 2.27. The number of amides is 4. The molecule has 0 aliphatic carbocycles. The number of hydrogen-bond acceptors (Lipinski definition) is 4. The van der Waals surface area contributed by atoms with E-state index in [4.69, 9.17) is 0 Å². The first-order chi connectivity index (χ1) is 17.7. The third-order valence-corrected chi connectivity index (χ3v) is 6.33. The highest BCUT2D eigenvalue weighted by Gasteiger charge is 2.32. The van der Waals surface area contributed by atoms with E-state index in [1.54, 1.807) is 14.0 Å². The minimum absolute atomic E-state index is 0.380. The Labute approximate surface area is 216 Å². The Balaban J connectivity index is 1.54. The van der Waals surface area contributed by atoms with Crippen LogP contribution in [0.25, 0.3) is 0 Å². The van der Waals surface area contributed by atoms with Crippen LogP contribution >= 0.6 is 0 Å². The number of aliphatic imine (C=N–C) groups is 1. The molecule has 3 N–H and O–H groups in total. The maximum atomic E-state index is 13.3. The van der Waals surface area contributed by atoms with Crippen molar-refractivity contribution in [3.8, 4) is 0 Å². The van der Waals surface area contributed by atoms with Gasteiger partial charge in [0.1, 0.15) is 6.04 Å². The zero-order valence-electron chi connectivity index (χ0n) is 21.6. The summed E-state index contributed by atoms with van der Waals surface area (Å²) in [4.78, 5) is 45.2. The molecule has 2 atom stereocenters. The molecule has 3 aromatic rings. The van der Waals surface area contributed by atoms with E-state index in [1.165, 1.54) is 4.90 Å². The van der Waals surface area contributed by atoms with Crippen LogP contribution in [0, 0.1) is 20.8 Å². The lowest BCUT2D eigenvalue weighted by Gasteiger charge is -2.22. The summed E-state index contributed by atoms with van der Waals surface area (Å²) in [5.41, 5.74) is 6.57. The molecule has 0 fully saturated rings. The topological polar surface area (TPSA) is 103 Å². The molecule has 0 bridgehead atoms. The summed E-state index contributed by atoms with van der Waals surface area (Å²) in [6, 6.07) is 19.5. The standard InChI is InChI=1S/C29H31N5O3/c1-17-15-18(2)24(19(3)16-17)32-29(37)30-20(4)27(35)33-26-28(36)34(5)23-14-10-9-13-22(23)25(31-26)21-11-7-6-8-12-21/h6-16,20,26H,1-5H3,(H,33,35)(H2,30,32,37)/t20-,26+/m0/s1. The van der Waals surface area contributed by atoms with Crippen LogP contribution in [0.3, 0.4) is 0 Å². The van der Waals surface area contributed by atoms with E-state index < -0.39 is 24.1 Å². The maximum Gasteiger partial charge on any atom is 0.319 e. The summed E-state index contributed by atoms with van der Waals surface area (Å²) in [6.07, 6.45) is -1.16. The van der Waals surface area contributed by atoms with Crippen LogP contribution in [0.1, 0.15) is 34.7 Å². The lowest BCUT2D eigenvalue weighted by Crippen LogP contribution is -2.52. The van der Waals surface area contributed by atoms with Crippen molar-refractivity contribution >= 4 is 34.9 Å². The van der Waals surface area contributed by atoms with Gasteiger partial charge in [0.05, 0.1) is 11.4 Å². The Morgan fingerprint density at radius 2 is 1.57 bits per heavy atom. The molecule has 1 aliphatic heterocycles. The van der Waals surface area contributed by atoms with E-state index in [0.29, 0.717) is 17.1 Å². The van der Waals surface area contributed by atoms with Crippen molar-refractivity contribution in [2.24, 2.45) is 4.99 Å². The van der Waals surface area contributed by atoms with Gasteiger partial charge in [0, 0.05) is 23.9 Å². The summed E-state index contributed by atoms with van der Waals surface area (Å²) in [6.45, 7) is 7.39. The van der Waals surface area contributed by atoms with Crippen LogP contribution in [-0.4, -0.2) is 42.8 Å². The Morgan fingerprint density at radius 1 is 0.946 bits per heavy atom. The number of rotatable bonds is 5. The number of carbonyl (C=O) groups excluding carboxylic acids is 3. The minimum Gasteiger partial charge on any atom is -0.326 e. The van der Waals surface area contributed by atoms with Crippen molar-refractivity contribution in [1.82, 2.24) is 10.6 Å². The van der Waals surface area contributed by atoms with Crippen LogP contribution in [0.15, 0.2) is 71.7 Å². The van der Waals surface area contributed by atoms with Crippen LogP contribution in [0.5, 0.6) is 0 Å². The Morgan fingerprint density at radius 3 is 2.24 bits per heavy atom. The summed E-state index contributed by atoms with van der Waals surface area (Å²) in [5, 5.41) is 8.19. The fourth-order valence-electron chi connectivity index (χ4n) is 4.49. The first-order valence-corrected chi connectivity index (χ1v) is 12.1. The monoisotopic (exact) mass is 497 g/mol. The molecule has 0 radical (unpaired) electrons. The van der Waals surface area contributed by atoms with Crippen molar-refractivity contribution < 1.29 is 14.4 Å². The smallest absolute Gasteiger partial charge is 0.319 e. The number of benzene rings is 3. The van der Waals surface area contributed by atoms with Gasteiger partial charge in [-0.3, -0.25) is 9.59 Å². The summed E-state index contributed by atoms with van der Waals surface area (Å²) in [7, 11) is 1.66. The van der Waals surface area contributed by atoms with Gasteiger partial charge in [-0.1, -0.05) is 66.2 Å². The van der Waals surface area contributed by atoms with Crippen LogP contribution in [0.2, 0.25) is 0 Å². The van der Waals surface area contributed by atoms with Gasteiger partial charge in [-0.05, 0) is 44.9 Å². The lowest BCUT2D eigenvalue weighted by atomic mass is 10.0. The average molecular weight is 498 g/mol. The van der Waals surface area contributed by atoms with E-state index in [9.17, 15) is 14.4 Å². The van der Waals surface area contributed by atoms with Crippen molar-refractivity contribution in [2.75, 3.05) is 17.3 Å². The number of nitrogens with zero attached hydrogens (tertiary/aromatic N) is 2. The summed E-state index contributed by atoms with van der Waals surface area (Å²) in [5.74, 6) is -0.907. The molecule has 0 spiro atoms. The molecule has 0 aromatic heterocycles. The number of nitrogens with one attached hydrogen (secondary N) is 3. The predicted octanol–water partition coefficient (Wildman–Crippen LogP) is 4.08. The molecular formula is C29H31N5O3. The molecule has 3 aromatic carbocycles. The van der Waals surface area contributed by atoms with Gasteiger partial charge in [-0.2, -0.15) is 0 Å². The number of urea groups is 1. The molecule has 190 valence electrons. The minimum atomic E-state index is -1.16. The SMILES string of the molecule is Cc1cc(C)c(NC(=O)N[C@@H](C)C(=O)N[C@H]2N=C(c3ccccc3)c3ccccc3N(C)C2=O)c(C)c1. The number of fused-ring (bicyclic) bond motifs is 1. The van der Waals surface area contributed by atoms with Crippen molar-refractivity contribution in [1.29, 1.82) is 0 Å². The Bertz CT molecular complexity index is 1360. The lowest BCUT2D eigenvalue weighted by molar-refractivity contribution is -0.128. The van der Waals surface area contributed by atoms with Gasteiger partial charge in [0.25, 0.3) is 5.91 Å². The van der Waals surface area contributed by atoms with Crippen LogP contribution in [0.4, 0.5) is 16.2 Å². The van der Waals surface area contributed by atoms with Gasteiger partial charge >= 0.3 is 6.03 Å². The first-order valence-electron chi connectivity index (χ1n) is 12.1. The van der Waals surface area contributed by atoms with Crippen molar-refractivity contribution in [3.05, 3.63) is 94.5 Å². The second-order valence-corrected chi connectivity index (χ2v) is 9.26. The number of anilines is 2. The summed E-state index contributed by atoms with van der Waals surface area (Å²) < 4.78 is 0. The first kappa shape index (κ1) is 25.6. The Kier molecular flexibility index (Phi) is 7.38. The van der Waals surface area contributed by atoms with E-state index >= 15 is 0 Å². The zero-order chi connectivity index (χ0) is 26.7. The third-order valence-electron chi connectivity index (χ3n) is 6.33. The number of carbonyl (C=O) groups is 3. The molecule has 0 saturated carbocycles. The zero-order valence-corrected chi connectivity index (χ0v) is 21.6. The fraction of sp³-hybridized carbons (Fsp3) is 0.241. The van der Waals surface area contributed by atoms with E-state index in [0.717, 1.165) is 27.8 Å². The summed E-state index contributed by atoms with van der Waals surface area (Å²) >= 11 is 0. The normalized spacial score (nSPS) is 15.7. The number of hydrogen-bond donors (Lipinski definition) is 3. The average Bonchev–Trinajstić information content (AvgIpc) is 2.97. The van der Waals surface area contributed by atoms with Gasteiger partial charge in [-0.25, -0.2) is 9.79 Å². The maximum absolute atomic E-state index is 13.3. The van der Waals surface area contributed by atoms with E-state index in [-0.39, 0.29) is 5.91 Å². The second-order valence-electron chi connectivity index (χ2n) is 9.26.